The van der Waals surface area contributed by atoms with Crippen molar-refractivity contribution in [2.75, 3.05) is 23.8 Å². The number of carbonyl (C=O) groups excluding carboxylic acids is 2. The number of amides is 1. The molecule has 0 spiro atoms. The van der Waals surface area contributed by atoms with Gasteiger partial charge in [0.1, 0.15) is 10.6 Å². The number of anilines is 2. The number of methoxy groups -OCH3 is 1. The average molecular weight is 490 g/mol. The molecule has 2 aromatic carbocycles. The summed E-state index contributed by atoms with van der Waals surface area (Å²) in [4.78, 5) is 29.2. The molecule has 2 N–H and O–H groups in total. The normalized spacial score (nSPS) is 11.0. The second kappa shape index (κ2) is 10.0. The van der Waals surface area contributed by atoms with E-state index in [4.69, 9.17) is 9.47 Å². The molecule has 0 radical (unpaired) electrons. The number of thiazole rings is 1. The Morgan fingerprint density at radius 1 is 1.12 bits per heavy atom. The minimum atomic E-state index is -4.01. The van der Waals surface area contributed by atoms with Crippen LogP contribution in [0.15, 0.2) is 47.4 Å². The van der Waals surface area contributed by atoms with E-state index in [1.807, 2.05) is 0 Å². The van der Waals surface area contributed by atoms with Crippen molar-refractivity contribution in [3.05, 3.63) is 64.2 Å². The lowest BCUT2D eigenvalue weighted by molar-refractivity contribution is 0.0531. The van der Waals surface area contributed by atoms with Gasteiger partial charge in [0.15, 0.2) is 5.13 Å². The van der Waals surface area contributed by atoms with Crippen LogP contribution >= 0.6 is 11.3 Å². The predicted molar refractivity (Wildman–Crippen MR) is 126 cm³/mol. The molecule has 0 aliphatic heterocycles. The lowest BCUT2D eigenvalue weighted by atomic mass is 10.1. The molecule has 1 amide bonds. The molecule has 1 heterocycles. The van der Waals surface area contributed by atoms with E-state index in [0.717, 1.165) is 11.3 Å². The second-order valence-corrected chi connectivity index (χ2v) is 9.54. The molecule has 0 bridgehead atoms. The highest BCUT2D eigenvalue weighted by Crippen LogP contribution is 2.28. The number of carbonyl (C=O) groups is 2. The summed E-state index contributed by atoms with van der Waals surface area (Å²) in [5, 5.41) is 2.81. The first-order chi connectivity index (χ1) is 15.7. The monoisotopic (exact) mass is 489 g/mol. The summed E-state index contributed by atoms with van der Waals surface area (Å²) < 4.78 is 38.8. The molecule has 0 fully saturated rings. The lowest BCUT2D eigenvalue weighted by Crippen LogP contribution is -2.17. The van der Waals surface area contributed by atoms with E-state index in [1.54, 1.807) is 51.1 Å². The molecule has 0 aliphatic rings. The van der Waals surface area contributed by atoms with E-state index in [2.05, 4.69) is 15.0 Å². The third-order valence-corrected chi connectivity index (χ3v) is 7.13. The lowest BCUT2D eigenvalue weighted by Gasteiger charge is -2.14. The van der Waals surface area contributed by atoms with Gasteiger partial charge in [-0.1, -0.05) is 29.5 Å². The first-order valence-electron chi connectivity index (χ1n) is 9.88. The number of aromatic nitrogens is 1. The Bertz CT molecular complexity index is 1300. The van der Waals surface area contributed by atoms with Gasteiger partial charge in [0.2, 0.25) is 0 Å². The van der Waals surface area contributed by atoms with E-state index in [1.165, 1.54) is 19.2 Å². The maximum Gasteiger partial charge on any atom is 0.350 e. The standard InChI is InChI=1S/C22H23N3O6S2/c1-5-31-21(27)19-14(3)23-22(32-19)24-20(26)15-11-10-13(2)18(12-15)33(28,29)25-16-8-6-7-9-17(16)30-4/h6-12,25H,5H2,1-4H3,(H,23,24,26). The first-order valence-corrected chi connectivity index (χ1v) is 12.2. The smallest absolute Gasteiger partial charge is 0.350 e. The van der Waals surface area contributed by atoms with Crippen LogP contribution < -0.4 is 14.8 Å². The van der Waals surface area contributed by atoms with E-state index < -0.39 is 21.9 Å². The molecular weight excluding hydrogens is 466 g/mol. The minimum absolute atomic E-state index is 0.0522. The average Bonchev–Trinajstić information content (AvgIpc) is 3.14. The van der Waals surface area contributed by atoms with Crippen molar-refractivity contribution in [3.8, 4) is 5.75 Å². The highest BCUT2D eigenvalue weighted by Gasteiger charge is 2.22. The fourth-order valence-corrected chi connectivity index (χ4v) is 5.16. The molecule has 3 rings (SSSR count). The molecular formula is C22H23N3O6S2. The van der Waals surface area contributed by atoms with E-state index in [-0.39, 0.29) is 27.9 Å². The van der Waals surface area contributed by atoms with Crippen molar-refractivity contribution in [3.63, 3.8) is 0 Å². The molecule has 0 saturated carbocycles. The Morgan fingerprint density at radius 2 is 1.85 bits per heavy atom. The summed E-state index contributed by atoms with van der Waals surface area (Å²) in [6, 6.07) is 11.0. The van der Waals surface area contributed by atoms with Gasteiger partial charge in [-0.2, -0.15) is 0 Å². The zero-order valence-electron chi connectivity index (χ0n) is 18.5. The summed E-state index contributed by atoms with van der Waals surface area (Å²) in [5.41, 5.74) is 1.29. The summed E-state index contributed by atoms with van der Waals surface area (Å²) in [6.07, 6.45) is 0. The van der Waals surface area contributed by atoms with Gasteiger partial charge in [-0.25, -0.2) is 18.2 Å². The third-order valence-electron chi connectivity index (χ3n) is 4.57. The molecule has 11 heteroatoms. The Morgan fingerprint density at radius 3 is 2.55 bits per heavy atom. The predicted octanol–water partition coefficient (Wildman–Crippen LogP) is 4.00. The third kappa shape index (κ3) is 5.49. The fourth-order valence-electron chi connectivity index (χ4n) is 2.96. The van der Waals surface area contributed by atoms with Crippen molar-refractivity contribution in [1.29, 1.82) is 0 Å². The van der Waals surface area contributed by atoms with Crippen molar-refractivity contribution in [2.45, 2.75) is 25.7 Å². The molecule has 9 nitrogen and oxygen atoms in total. The zero-order chi connectivity index (χ0) is 24.2. The van der Waals surface area contributed by atoms with Crippen LogP contribution in [0.3, 0.4) is 0 Å². The Balaban J connectivity index is 1.86. The molecule has 0 aliphatic carbocycles. The van der Waals surface area contributed by atoms with Crippen molar-refractivity contribution < 1.29 is 27.5 Å². The van der Waals surface area contributed by atoms with Crippen LogP contribution in [-0.2, 0) is 14.8 Å². The van der Waals surface area contributed by atoms with Gasteiger partial charge >= 0.3 is 5.97 Å². The van der Waals surface area contributed by atoms with Gasteiger partial charge in [-0.15, -0.1) is 0 Å². The fraction of sp³-hybridized carbons (Fsp3) is 0.227. The second-order valence-electron chi connectivity index (χ2n) is 6.89. The largest absolute Gasteiger partial charge is 0.495 e. The number of hydrogen-bond acceptors (Lipinski definition) is 8. The number of aryl methyl sites for hydroxylation is 2. The van der Waals surface area contributed by atoms with Crippen molar-refractivity contribution in [1.82, 2.24) is 4.98 Å². The highest BCUT2D eigenvalue weighted by atomic mass is 32.2. The van der Waals surface area contributed by atoms with Crippen LogP contribution in [0.5, 0.6) is 5.75 Å². The van der Waals surface area contributed by atoms with Crippen LogP contribution in [0.2, 0.25) is 0 Å². The molecule has 3 aromatic rings. The van der Waals surface area contributed by atoms with Gasteiger partial charge in [0.05, 0.1) is 30.0 Å². The van der Waals surface area contributed by atoms with Gasteiger partial charge < -0.3 is 9.47 Å². The summed E-state index contributed by atoms with van der Waals surface area (Å²) >= 11 is 0.987. The zero-order valence-corrected chi connectivity index (χ0v) is 20.1. The summed E-state index contributed by atoms with van der Waals surface area (Å²) in [7, 11) is -2.57. The van der Waals surface area contributed by atoms with Crippen LogP contribution in [0, 0.1) is 13.8 Å². The number of nitrogens with one attached hydrogen (secondary N) is 2. The number of benzene rings is 2. The minimum Gasteiger partial charge on any atom is -0.495 e. The van der Waals surface area contributed by atoms with Gasteiger partial charge in [-0.05, 0) is 50.6 Å². The number of rotatable bonds is 8. The topological polar surface area (TPSA) is 124 Å². The number of hydrogen-bond donors (Lipinski definition) is 2. The first kappa shape index (κ1) is 24.2. The maximum absolute atomic E-state index is 13.0. The van der Waals surface area contributed by atoms with Crippen LogP contribution in [0.1, 0.15) is 38.2 Å². The number of ether oxygens (including phenoxy) is 2. The SMILES string of the molecule is CCOC(=O)c1sc(NC(=O)c2ccc(C)c(S(=O)(=O)Nc3ccccc3OC)c2)nc1C. The van der Waals surface area contributed by atoms with E-state index in [9.17, 15) is 18.0 Å². The molecule has 33 heavy (non-hydrogen) atoms. The Kier molecular flexibility index (Phi) is 7.34. The molecule has 0 atom stereocenters. The van der Waals surface area contributed by atoms with Gasteiger partial charge in [-0.3, -0.25) is 14.8 Å². The highest BCUT2D eigenvalue weighted by molar-refractivity contribution is 7.92. The quantitative estimate of drug-likeness (QED) is 0.458. The molecule has 0 unspecified atom stereocenters. The van der Waals surface area contributed by atoms with Gasteiger partial charge in [0, 0.05) is 5.56 Å². The van der Waals surface area contributed by atoms with Crippen LogP contribution in [0.4, 0.5) is 10.8 Å². The molecule has 1 aromatic heterocycles. The molecule has 0 saturated heterocycles. The number of para-hydroxylation sites is 2. The summed E-state index contributed by atoms with van der Waals surface area (Å²) in [5.74, 6) is -0.712. The van der Waals surface area contributed by atoms with Crippen LogP contribution in [0.25, 0.3) is 0 Å². The maximum atomic E-state index is 13.0. The number of esters is 1. The molecule has 174 valence electrons. The van der Waals surface area contributed by atoms with Gasteiger partial charge in [0.25, 0.3) is 15.9 Å². The van der Waals surface area contributed by atoms with Crippen molar-refractivity contribution >= 4 is 44.1 Å². The van der Waals surface area contributed by atoms with Crippen LogP contribution in [-0.4, -0.2) is 39.0 Å². The number of sulfonamides is 1. The van der Waals surface area contributed by atoms with E-state index in [0.29, 0.717) is 21.9 Å². The Hall–Kier alpha value is -3.44. The van der Waals surface area contributed by atoms with Crippen molar-refractivity contribution in [2.24, 2.45) is 0 Å². The number of nitrogens with zero attached hydrogens (tertiary/aromatic N) is 1. The van der Waals surface area contributed by atoms with E-state index >= 15 is 0 Å². The Labute approximate surface area is 195 Å². The summed E-state index contributed by atoms with van der Waals surface area (Å²) in [6.45, 7) is 5.19.